The van der Waals surface area contributed by atoms with Crippen LogP contribution < -0.4 is 0 Å². The number of carbonyl (C=O) groups excluding carboxylic acids is 1. The molecule has 1 aliphatic heterocycles. The van der Waals surface area contributed by atoms with Gasteiger partial charge < -0.3 is 4.90 Å². The van der Waals surface area contributed by atoms with E-state index in [1.807, 2.05) is 13.0 Å². The number of rotatable bonds is 4. The molecule has 5 nitrogen and oxygen atoms in total. The third-order valence-corrected chi connectivity index (χ3v) is 3.64. The Balaban J connectivity index is 1.96. The zero-order chi connectivity index (χ0) is 13.8. The molecule has 1 saturated heterocycles. The van der Waals surface area contributed by atoms with E-state index in [0.29, 0.717) is 18.6 Å². The largest absolute Gasteiger partial charge is 0.302 e. The number of benzene rings is 1. The molecule has 0 aliphatic carbocycles. The minimum absolute atomic E-state index is 0.0829. The lowest BCUT2D eigenvalue weighted by Gasteiger charge is -2.29. The first kappa shape index (κ1) is 13.7. The average Bonchev–Trinajstić information content (AvgIpc) is 2.40. The smallest absolute Gasteiger partial charge is 0.272 e. The molecule has 0 saturated carbocycles. The Hall–Kier alpha value is -1.75. The SMILES string of the molecule is CC1CN(CCc2ccccc2[N+](=O)[O-])CCC1=O. The molecule has 0 N–H and O–H groups in total. The van der Waals surface area contributed by atoms with Crippen molar-refractivity contribution in [3.63, 3.8) is 0 Å². The highest BCUT2D eigenvalue weighted by molar-refractivity contribution is 5.81. The van der Waals surface area contributed by atoms with Crippen molar-refractivity contribution in [2.45, 2.75) is 19.8 Å². The van der Waals surface area contributed by atoms with E-state index in [0.717, 1.165) is 25.2 Å². The van der Waals surface area contributed by atoms with Gasteiger partial charge in [-0.1, -0.05) is 25.1 Å². The number of ketones is 1. The number of nitrogens with zero attached hydrogens (tertiary/aromatic N) is 2. The van der Waals surface area contributed by atoms with Crippen molar-refractivity contribution < 1.29 is 9.72 Å². The lowest BCUT2D eigenvalue weighted by Crippen LogP contribution is -2.40. The van der Waals surface area contributed by atoms with E-state index < -0.39 is 0 Å². The topological polar surface area (TPSA) is 63.4 Å². The number of carbonyl (C=O) groups is 1. The molecule has 1 aliphatic rings. The van der Waals surface area contributed by atoms with E-state index in [4.69, 9.17) is 0 Å². The standard InChI is InChI=1S/C14H18N2O3/c1-11-10-15(9-7-14(11)17)8-6-12-4-2-3-5-13(12)16(18)19/h2-5,11H,6-10H2,1H3. The van der Waals surface area contributed by atoms with Gasteiger partial charge in [0.1, 0.15) is 5.78 Å². The summed E-state index contributed by atoms with van der Waals surface area (Å²) in [6.45, 7) is 4.24. The zero-order valence-corrected chi connectivity index (χ0v) is 11.0. The van der Waals surface area contributed by atoms with Crippen LogP contribution in [0.15, 0.2) is 24.3 Å². The number of piperidine rings is 1. The van der Waals surface area contributed by atoms with Crippen molar-refractivity contribution in [3.8, 4) is 0 Å². The molecular weight excluding hydrogens is 244 g/mol. The number of Topliss-reactive ketones (excluding diaryl/α,β-unsaturated/α-hetero) is 1. The summed E-state index contributed by atoms with van der Waals surface area (Å²) in [5.74, 6) is 0.404. The van der Waals surface area contributed by atoms with Crippen molar-refractivity contribution in [1.82, 2.24) is 4.90 Å². The van der Waals surface area contributed by atoms with Crippen LogP contribution in [0.25, 0.3) is 0 Å². The Labute approximate surface area is 112 Å². The van der Waals surface area contributed by atoms with Gasteiger partial charge in [-0.05, 0) is 6.42 Å². The van der Waals surface area contributed by atoms with Gasteiger partial charge in [0.25, 0.3) is 5.69 Å². The van der Waals surface area contributed by atoms with Gasteiger partial charge in [0.2, 0.25) is 0 Å². The molecule has 0 radical (unpaired) electrons. The van der Waals surface area contributed by atoms with Gasteiger partial charge in [-0.15, -0.1) is 0 Å². The summed E-state index contributed by atoms with van der Waals surface area (Å²) in [6.07, 6.45) is 1.25. The van der Waals surface area contributed by atoms with Crippen LogP contribution in [-0.2, 0) is 11.2 Å². The van der Waals surface area contributed by atoms with Gasteiger partial charge >= 0.3 is 0 Å². The minimum atomic E-state index is -0.336. The third-order valence-electron chi connectivity index (χ3n) is 3.64. The summed E-state index contributed by atoms with van der Waals surface area (Å²) in [5, 5.41) is 10.9. The molecule has 0 aromatic heterocycles. The van der Waals surface area contributed by atoms with E-state index in [9.17, 15) is 14.9 Å². The Bertz CT molecular complexity index is 487. The van der Waals surface area contributed by atoms with Gasteiger partial charge in [0.05, 0.1) is 4.92 Å². The van der Waals surface area contributed by atoms with Crippen molar-refractivity contribution in [1.29, 1.82) is 0 Å². The van der Waals surface area contributed by atoms with Crippen LogP contribution in [0.5, 0.6) is 0 Å². The van der Waals surface area contributed by atoms with Gasteiger partial charge in [-0.25, -0.2) is 0 Å². The molecular formula is C14H18N2O3. The highest BCUT2D eigenvalue weighted by Crippen LogP contribution is 2.19. The first-order chi connectivity index (χ1) is 9.08. The number of likely N-dealkylation sites (tertiary alicyclic amines) is 1. The van der Waals surface area contributed by atoms with Crippen LogP contribution in [0, 0.1) is 16.0 Å². The van der Waals surface area contributed by atoms with Crippen molar-refractivity contribution in [3.05, 3.63) is 39.9 Å². The summed E-state index contributed by atoms with van der Waals surface area (Å²) < 4.78 is 0. The Morgan fingerprint density at radius 1 is 1.42 bits per heavy atom. The van der Waals surface area contributed by atoms with Gasteiger partial charge in [0, 0.05) is 43.6 Å². The zero-order valence-electron chi connectivity index (χ0n) is 11.0. The van der Waals surface area contributed by atoms with E-state index >= 15 is 0 Å². The Morgan fingerprint density at radius 2 is 2.16 bits per heavy atom. The molecule has 19 heavy (non-hydrogen) atoms. The second-order valence-electron chi connectivity index (χ2n) is 5.05. The molecule has 1 unspecified atom stereocenters. The first-order valence-corrected chi connectivity index (χ1v) is 6.55. The van der Waals surface area contributed by atoms with Crippen LogP contribution in [0.2, 0.25) is 0 Å². The molecule has 5 heteroatoms. The molecule has 102 valence electrons. The molecule has 0 bridgehead atoms. The summed E-state index contributed by atoms with van der Waals surface area (Å²) in [4.78, 5) is 24.2. The predicted octanol–water partition coefficient (Wildman–Crippen LogP) is 2.05. The summed E-state index contributed by atoms with van der Waals surface area (Å²) in [5.41, 5.74) is 0.945. The first-order valence-electron chi connectivity index (χ1n) is 6.55. The van der Waals surface area contributed by atoms with Gasteiger partial charge in [0.15, 0.2) is 0 Å². The monoisotopic (exact) mass is 262 g/mol. The number of hydrogen-bond acceptors (Lipinski definition) is 4. The van der Waals surface area contributed by atoms with Crippen LogP contribution in [0.3, 0.4) is 0 Å². The van der Waals surface area contributed by atoms with Crippen molar-refractivity contribution in [2.24, 2.45) is 5.92 Å². The molecule has 0 spiro atoms. The molecule has 1 aromatic rings. The quantitative estimate of drug-likeness (QED) is 0.615. The maximum atomic E-state index is 11.4. The van der Waals surface area contributed by atoms with E-state index in [-0.39, 0.29) is 16.5 Å². The second kappa shape index (κ2) is 5.93. The fourth-order valence-corrected chi connectivity index (χ4v) is 2.48. The van der Waals surface area contributed by atoms with Crippen molar-refractivity contribution >= 4 is 11.5 Å². The Kier molecular flexibility index (Phi) is 4.27. The highest BCUT2D eigenvalue weighted by Gasteiger charge is 2.23. The fourth-order valence-electron chi connectivity index (χ4n) is 2.48. The summed E-state index contributed by atoms with van der Waals surface area (Å²) in [7, 11) is 0. The molecule has 1 fully saturated rings. The van der Waals surface area contributed by atoms with Crippen LogP contribution in [0.4, 0.5) is 5.69 Å². The average molecular weight is 262 g/mol. The maximum absolute atomic E-state index is 11.4. The molecule has 1 heterocycles. The van der Waals surface area contributed by atoms with E-state index in [1.54, 1.807) is 12.1 Å². The summed E-state index contributed by atoms with van der Waals surface area (Å²) >= 11 is 0. The highest BCUT2D eigenvalue weighted by atomic mass is 16.6. The Morgan fingerprint density at radius 3 is 2.84 bits per heavy atom. The number of para-hydroxylation sites is 1. The number of nitro groups is 1. The van der Waals surface area contributed by atoms with Crippen LogP contribution >= 0.6 is 0 Å². The summed E-state index contributed by atoms with van der Waals surface area (Å²) in [6, 6.07) is 6.85. The van der Waals surface area contributed by atoms with Crippen molar-refractivity contribution in [2.75, 3.05) is 19.6 Å². The third kappa shape index (κ3) is 3.38. The molecule has 1 atom stereocenters. The van der Waals surface area contributed by atoms with E-state index in [2.05, 4.69) is 4.90 Å². The fraction of sp³-hybridized carbons (Fsp3) is 0.500. The number of nitro benzene ring substituents is 1. The van der Waals surface area contributed by atoms with E-state index in [1.165, 1.54) is 6.07 Å². The minimum Gasteiger partial charge on any atom is -0.302 e. The van der Waals surface area contributed by atoms with Crippen LogP contribution in [0.1, 0.15) is 18.9 Å². The number of hydrogen-bond donors (Lipinski definition) is 0. The molecule has 1 aromatic carbocycles. The normalized spacial score (nSPS) is 20.5. The van der Waals surface area contributed by atoms with Gasteiger partial charge in [-0.3, -0.25) is 14.9 Å². The second-order valence-corrected chi connectivity index (χ2v) is 5.05. The van der Waals surface area contributed by atoms with Crippen LogP contribution in [-0.4, -0.2) is 35.2 Å². The lowest BCUT2D eigenvalue weighted by atomic mass is 9.98. The predicted molar refractivity (Wildman–Crippen MR) is 72.0 cm³/mol. The maximum Gasteiger partial charge on any atom is 0.272 e. The molecule has 2 rings (SSSR count). The lowest BCUT2D eigenvalue weighted by molar-refractivity contribution is -0.385. The molecule has 0 amide bonds. The van der Waals surface area contributed by atoms with Gasteiger partial charge in [-0.2, -0.15) is 0 Å².